The van der Waals surface area contributed by atoms with Gasteiger partial charge in [-0.2, -0.15) is 13.2 Å². The number of carbonyl (C=O) groups excluding carboxylic acids is 1. The number of benzene rings is 1. The molecule has 3 nitrogen and oxygen atoms in total. The van der Waals surface area contributed by atoms with Gasteiger partial charge in [-0.1, -0.05) is 12.1 Å². The average Bonchev–Trinajstić information content (AvgIpc) is 2.26. The fourth-order valence-electron chi connectivity index (χ4n) is 1.94. The van der Waals surface area contributed by atoms with E-state index >= 15 is 0 Å². The Kier molecular flexibility index (Phi) is 3.30. The van der Waals surface area contributed by atoms with Crippen molar-refractivity contribution in [1.29, 1.82) is 0 Å². The minimum Gasteiger partial charge on any atom is -0.396 e. The van der Waals surface area contributed by atoms with Crippen molar-refractivity contribution < 1.29 is 23.1 Å². The van der Waals surface area contributed by atoms with E-state index in [9.17, 15) is 18.0 Å². The Morgan fingerprint density at radius 3 is 2.50 bits per heavy atom. The predicted molar refractivity (Wildman–Crippen MR) is 57.9 cm³/mol. The van der Waals surface area contributed by atoms with Gasteiger partial charge in [-0.15, -0.1) is 0 Å². The quantitative estimate of drug-likeness (QED) is 0.879. The van der Waals surface area contributed by atoms with Crippen LogP contribution >= 0.6 is 0 Å². The second kappa shape index (κ2) is 4.61. The van der Waals surface area contributed by atoms with Gasteiger partial charge in [0.1, 0.15) is 0 Å². The van der Waals surface area contributed by atoms with Gasteiger partial charge in [0.15, 0.2) is 0 Å². The second-order valence-corrected chi connectivity index (χ2v) is 4.30. The number of hydrogen-bond acceptors (Lipinski definition) is 2. The average molecular weight is 259 g/mol. The molecule has 0 saturated carbocycles. The molecule has 1 fully saturated rings. The third-order valence-corrected chi connectivity index (χ3v) is 2.97. The van der Waals surface area contributed by atoms with Gasteiger partial charge in [-0.05, 0) is 12.1 Å². The van der Waals surface area contributed by atoms with Crippen LogP contribution in [0.1, 0.15) is 15.9 Å². The fourth-order valence-corrected chi connectivity index (χ4v) is 1.94. The number of amides is 1. The highest BCUT2D eigenvalue weighted by atomic mass is 19.4. The number of hydrogen-bond donors (Lipinski definition) is 1. The molecule has 0 aliphatic carbocycles. The Balaban J connectivity index is 2.21. The molecule has 2 rings (SSSR count). The highest BCUT2D eigenvalue weighted by Gasteiger charge is 2.38. The summed E-state index contributed by atoms with van der Waals surface area (Å²) in [7, 11) is 0. The van der Waals surface area contributed by atoms with Gasteiger partial charge in [-0.25, -0.2) is 0 Å². The van der Waals surface area contributed by atoms with Crippen LogP contribution in [0.2, 0.25) is 0 Å². The standard InChI is InChI=1S/C12H12F3NO2/c13-12(14,15)10-4-2-1-3-9(10)11(18)16-5-8(6-16)7-17/h1-4,8,17H,5-7H2. The van der Waals surface area contributed by atoms with Crippen molar-refractivity contribution in [2.75, 3.05) is 19.7 Å². The summed E-state index contributed by atoms with van der Waals surface area (Å²) in [6.45, 7) is 0.563. The lowest BCUT2D eigenvalue weighted by molar-refractivity contribution is -0.138. The van der Waals surface area contributed by atoms with Crippen LogP contribution in [0.5, 0.6) is 0 Å². The first-order valence-corrected chi connectivity index (χ1v) is 5.50. The van der Waals surface area contributed by atoms with E-state index in [0.717, 1.165) is 6.07 Å². The van der Waals surface area contributed by atoms with E-state index in [4.69, 9.17) is 5.11 Å². The minimum atomic E-state index is -4.53. The van der Waals surface area contributed by atoms with Crippen molar-refractivity contribution in [3.63, 3.8) is 0 Å². The maximum absolute atomic E-state index is 12.7. The van der Waals surface area contributed by atoms with Crippen molar-refractivity contribution in [2.24, 2.45) is 5.92 Å². The lowest BCUT2D eigenvalue weighted by Crippen LogP contribution is -2.51. The molecule has 98 valence electrons. The lowest BCUT2D eigenvalue weighted by Gasteiger charge is -2.38. The monoisotopic (exact) mass is 259 g/mol. The Morgan fingerprint density at radius 1 is 1.33 bits per heavy atom. The van der Waals surface area contributed by atoms with Crippen LogP contribution in [0.3, 0.4) is 0 Å². The number of aliphatic hydroxyl groups excluding tert-OH is 1. The van der Waals surface area contributed by atoms with E-state index in [1.54, 1.807) is 0 Å². The third kappa shape index (κ3) is 2.33. The first kappa shape index (κ1) is 12.9. The zero-order valence-corrected chi connectivity index (χ0v) is 9.44. The number of carbonyl (C=O) groups is 1. The molecule has 0 atom stereocenters. The van der Waals surface area contributed by atoms with E-state index in [1.165, 1.54) is 23.1 Å². The highest BCUT2D eigenvalue weighted by Crippen LogP contribution is 2.33. The number of aliphatic hydroxyl groups is 1. The van der Waals surface area contributed by atoms with Crippen molar-refractivity contribution in [2.45, 2.75) is 6.18 Å². The summed E-state index contributed by atoms with van der Waals surface area (Å²) in [5.41, 5.74) is -1.25. The molecular formula is C12H12F3NO2. The van der Waals surface area contributed by atoms with Gasteiger partial charge in [0.2, 0.25) is 0 Å². The van der Waals surface area contributed by atoms with E-state index in [-0.39, 0.29) is 18.1 Å². The molecule has 1 amide bonds. The molecule has 1 aromatic rings. The van der Waals surface area contributed by atoms with Gasteiger partial charge in [0, 0.05) is 25.6 Å². The molecule has 0 bridgehead atoms. The van der Waals surface area contributed by atoms with E-state index < -0.39 is 17.6 Å². The first-order valence-electron chi connectivity index (χ1n) is 5.50. The summed E-state index contributed by atoms with van der Waals surface area (Å²) < 4.78 is 38.2. The maximum atomic E-state index is 12.7. The van der Waals surface area contributed by atoms with Crippen LogP contribution in [0.4, 0.5) is 13.2 Å². The van der Waals surface area contributed by atoms with Crippen molar-refractivity contribution in [3.05, 3.63) is 35.4 Å². The predicted octanol–water partition coefficient (Wildman–Crippen LogP) is 1.77. The Hall–Kier alpha value is -1.56. The highest BCUT2D eigenvalue weighted by molar-refractivity contribution is 5.96. The van der Waals surface area contributed by atoms with Crippen molar-refractivity contribution in [1.82, 2.24) is 4.90 Å². The first-order chi connectivity index (χ1) is 8.43. The molecule has 1 aliphatic rings. The van der Waals surface area contributed by atoms with Crippen LogP contribution < -0.4 is 0 Å². The molecule has 0 unspecified atom stereocenters. The number of rotatable bonds is 2. The van der Waals surface area contributed by atoms with Crippen LogP contribution in [0.25, 0.3) is 0 Å². The zero-order valence-electron chi connectivity index (χ0n) is 9.44. The largest absolute Gasteiger partial charge is 0.417 e. The minimum absolute atomic E-state index is 0.0213. The lowest BCUT2D eigenvalue weighted by atomic mass is 9.98. The third-order valence-electron chi connectivity index (χ3n) is 2.97. The van der Waals surface area contributed by atoms with E-state index in [2.05, 4.69) is 0 Å². The van der Waals surface area contributed by atoms with Crippen LogP contribution in [0, 0.1) is 5.92 Å². The number of alkyl halides is 3. The van der Waals surface area contributed by atoms with Crippen LogP contribution in [0.15, 0.2) is 24.3 Å². The second-order valence-electron chi connectivity index (χ2n) is 4.30. The Morgan fingerprint density at radius 2 is 1.94 bits per heavy atom. The molecule has 1 heterocycles. The summed E-state index contributed by atoms with van der Waals surface area (Å²) in [6.07, 6.45) is -4.53. The summed E-state index contributed by atoms with van der Waals surface area (Å²) in [5.74, 6) is -0.653. The summed E-state index contributed by atoms with van der Waals surface area (Å²) >= 11 is 0. The molecule has 0 radical (unpaired) electrons. The topological polar surface area (TPSA) is 40.5 Å². The van der Waals surface area contributed by atoms with Gasteiger partial charge in [0.05, 0.1) is 11.1 Å². The SMILES string of the molecule is O=C(c1ccccc1C(F)(F)F)N1CC(CO)C1. The molecule has 1 aliphatic heterocycles. The molecule has 0 spiro atoms. The smallest absolute Gasteiger partial charge is 0.396 e. The number of halogens is 3. The van der Waals surface area contributed by atoms with E-state index in [0.29, 0.717) is 13.1 Å². The van der Waals surface area contributed by atoms with Gasteiger partial charge in [-0.3, -0.25) is 4.79 Å². The molecule has 1 aromatic carbocycles. The number of nitrogens with zero attached hydrogens (tertiary/aromatic N) is 1. The molecular weight excluding hydrogens is 247 g/mol. The van der Waals surface area contributed by atoms with Crippen LogP contribution in [-0.2, 0) is 6.18 Å². The Labute approximate surface area is 102 Å². The van der Waals surface area contributed by atoms with Crippen molar-refractivity contribution >= 4 is 5.91 Å². The maximum Gasteiger partial charge on any atom is 0.417 e. The summed E-state index contributed by atoms with van der Waals surface area (Å²) in [6, 6.07) is 4.74. The van der Waals surface area contributed by atoms with Crippen molar-refractivity contribution in [3.8, 4) is 0 Å². The normalized spacial score (nSPS) is 16.6. The Bertz CT molecular complexity index is 453. The van der Waals surface area contributed by atoms with Gasteiger partial charge in [0.25, 0.3) is 5.91 Å². The van der Waals surface area contributed by atoms with Gasteiger partial charge < -0.3 is 10.0 Å². The van der Waals surface area contributed by atoms with Crippen LogP contribution in [-0.4, -0.2) is 35.6 Å². The molecule has 0 aromatic heterocycles. The zero-order chi connectivity index (χ0) is 13.3. The van der Waals surface area contributed by atoms with Gasteiger partial charge >= 0.3 is 6.18 Å². The number of likely N-dealkylation sites (tertiary alicyclic amines) is 1. The summed E-state index contributed by atoms with van der Waals surface area (Å²) in [4.78, 5) is 13.2. The summed E-state index contributed by atoms with van der Waals surface area (Å²) in [5, 5.41) is 8.82. The fraction of sp³-hybridized carbons (Fsp3) is 0.417. The molecule has 6 heteroatoms. The van der Waals surface area contributed by atoms with E-state index in [1.807, 2.05) is 0 Å². The molecule has 18 heavy (non-hydrogen) atoms. The molecule has 1 saturated heterocycles. The molecule has 1 N–H and O–H groups in total.